The minimum atomic E-state index is -0.283. The van der Waals surface area contributed by atoms with Gasteiger partial charge in [0.2, 0.25) is 0 Å². The van der Waals surface area contributed by atoms with E-state index in [9.17, 15) is 4.79 Å². The molecule has 4 rings (SSSR count). The van der Waals surface area contributed by atoms with Gasteiger partial charge in [0.1, 0.15) is 5.69 Å². The van der Waals surface area contributed by atoms with Crippen molar-refractivity contribution in [1.29, 1.82) is 0 Å². The van der Waals surface area contributed by atoms with Gasteiger partial charge in [-0.05, 0) is 25.1 Å². The smallest absolute Gasteiger partial charge is 0.278 e. The standard InChI is InChI=1S/C21H16Cl2N4O/c1-13-3-5-14(6-4-13)19-10-25-20-11-24-17(12-27(19)20)21(28)26(2)18-8-7-15(22)9-16(18)23/h3-12H,1-2H3. The van der Waals surface area contributed by atoms with Gasteiger partial charge in [-0.25, -0.2) is 9.97 Å². The topological polar surface area (TPSA) is 50.5 Å². The summed E-state index contributed by atoms with van der Waals surface area (Å²) in [5.41, 5.74) is 4.58. The number of imidazole rings is 1. The summed E-state index contributed by atoms with van der Waals surface area (Å²) < 4.78 is 1.86. The molecule has 0 fully saturated rings. The number of carbonyl (C=O) groups is 1. The van der Waals surface area contributed by atoms with E-state index in [-0.39, 0.29) is 11.6 Å². The lowest BCUT2D eigenvalue weighted by molar-refractivity contribution is 0.0988. The molecule has 0 unspecified atom stereocenters. The number of amides is 1. The molecule has 5 nitrogen and oxygen atoms in total. The Hall–Kier alpha value is -2.89. The highest BCUT2D eigenvalue weighted by Gasteiger charge is 2.19. The summed E-state index contributed by atoms with van der Waals surface area (Å²) in [5, 5.41) is 0.905. The lowest BCUT2D eigenvalue weighted by Gasteiger charge is -2.18. The maximum absolute atomic E-state index is 13.0. The number of benzene rings is 2. The third-order valence-corrected chi connectivity index (χ3v) is 5.08. The van der Waals surface area contributed by atoms with Crippen molar-refractivity contribution in [2.24, 2.45) is 0 Å². The van der Waals surface area contributed by atoms with Crippen LogP contribution in [-0.4, -0.2) is 27.3 Å². The minimum absolute atomic E-state index is 0.283. The maximum atomic E-state index is 13.0. The van der Waals surface area contributed by atoms with E-state index in [0.717, 1.165) is 11.3 Å². The Labute approximate surface area is 172 Å². The Morgan fingerprint density at radius 3 is 2.50 bits per heavy atom. The molecule has 0 atom stereocenters. The van der Waals surface area contributed by atoms with Gasteiger partial charge in [-0.1, -0.05) is 53.0 Å². The quantitative estimate of drug-likeness (QED) is 0.461. The van der Waals surface area contributed by atoms with Crippen molar-refractivity contribution in [2.75, 3.05) is 11.9 Å². The van der Waals surface area contributed by atoms with Crippen LogP contribution in [0.5, 0.6) is 0 Å². The van der Waals surface area contributed by atoms with Gasteiger partial charge in [0, 0.05) is 23.8 Å². The highest BCUT2D eigenvalue weighted by molar-refractivity contribution is 6.36. The van der Waals surface area contributed by atoms with Gasteiger partial charge in [0.15, 0.2) is 5.65 Å². The van der Waals surface area contributed by atoms with Gasteiger partial charge < -0.3 is 4.90 Å². The van der Waals surface area contributed by atoms with Crippen molar-refractivity contribution in [3.05, 3.63) is 82.4 Å². The first kappa shape index (κ1) is 18.5. The Kier molecular flexibility index (Phi) is 4.79. The first-order valence-electron chi connectivity index (χ1n) is 8.57. The average molecular weight is 411 g/mol. The molecule has 0 spiro atoms. The zero-order valence-corrected chi connectivity index (χ0v) is 16.7. The number of hydrogen-bond acceptors (Lipinski definition) is 3. The largest absolute Gasteiger partial charge is 0.309 e. The van der Waals surface area contributed by atoms with E-state index in [1.165, 1.54) is 10.5 Å². The number of halogens is 2. The molecular weight excluding hydrogens is 395 g/mol. The number of aryl methyl sites for hydroxylation is 1. The number of nitrogens with zero attached hydrogens (tertiary/aromatic N) is 4. The van der Waals surface area contributed by atoms with Crippen molar-refractivity contribution >= 4 is 40.4 Å². The zero-order chi connectivity index (χ0) is 19.8. The fourth-order valence-corrected chi connectivity index (χ4v) is 3.51. The van der Waals surface area contributed by atoms with E-state index < -0.39 is 0 Å². The van der Waals surface area contributed by atoms with Crippen LogP contribution in [-0.2, 0) is 0 Å². The van der Waals surface area contributed by atoms with Gasteiger partial charge in [0.05, 0.1) is 28.8 Å². The van der Waals surface area contributed by atoms with Crippen LogP contribution < -0.4 is 4.90 Å². The van der Waals surface area contributed by atoms with Crippen LogP contribution >= 0.6 is 23.2 Å². The molecule has 0 aliphatic rings. The van der Waals surface area contributed by atoms with Crippen LogP contribution in [0.1, 0.15) is 16.1 Å². The van der Waals surface area contributed by atoms with Crippen molar-refractivity contribution in [3.63, 3.8) is 0 Å². The van der Waals surface area contributed by atoms with Gasteiger partial charge in [-0.3, -0.25) is 9.20 Å². The maximum Gasteiger partial charge on any atom is 0.278 e. The number of fused-ring (bicyclic) bond motifs is 1. The third-order valence-electron chi connectivity index (χ3n) is 4.54. The molecule has 28 heavy (non-hydrogen) atoms. The fraction of sp³-hybridized carbons (Fsp3) is 0.0952. The number of aromatic nitrogens is 3. The summed E-state index contributed by atoms with van der Waals surface area (Å²) in [7, 11) is 1.65. The molecule has 0 aliphatic carbocycles. The van der Waals surface area contributed by atoms with E-state index in [4.69, 9.17) is 23.2 Å². The van der Waals surface area contributed by atoms with Gasteiger partial charge in [-0.15, -0.1) is 0 Å². The number of anilines is 1. The highest BCUT2D eigenvalue weighted by Crippen LogP contribution is 2.29. The zero-order valence-electron chi connectivity index (χ0n) is 15.2. The van der Waals surface area contributed by atoms with Gasteiger partial charge in [-0.2, -0.15) is 0 Å². The van der Waals surface area contributed by atoms with Crippen molar-refractivity contribution in [2.45, 2.75) is 6.92 Å². The molecule has 2 heterocycles. The van der Waals surface area contributed by atoms with Gasteiger partial charge in [0.25, 0.3) is 5.91 Å². The van der Waals surface area contributed by atoms with Gasteiger partial charge >= 0.3 is 0 Å². The summed E-state index contributed by atoms with van der Waals surface area (Å²) in [6.07, 6.45) is 5.05. The van der Waals surface area contributed by atoms with E-state index >= 15 is 0 Å². The number of rotatable bonds is 3. The van der Waals surface area contributed by atoms with E-state index in [0.29, 0.717) is 21.4 Å². The molecule has 140 valence electrons. The molecule has 1 amide bonds. The minimum Gasteiger partial charge on any atom is -0.309 e. The Morgan fingerprint density at radius 1 is 1.04 bits per heavy atom. The Balaban J connectivity index is 1.73. The normalized spacial score (nSPS) is 11.0. The van der Waals surface area contributed by atoms with Crippen LogP contribution in [0.25, 0.3) is 16.9 Å². The molecule has 0 N–H and O–H groups in total. The second-order valence-corrected chi connectivity index (χ2v) is 7.31. The summed E-state index contributed by atoms with van der Waals surface area (Å²) in [6, 6.07) is 13.1. The van der Waals surface area contributed by atoms with Crippen LogP contribution in [0.2, 0.25) is 10.0 Å². The molecule has 0 aliphatic heterocycles. The second-order valence-electron chi connectivity index (χ2n) is 6.47. The third kappa shape index (κ3) is 3.35. The summed E-state index contributed by atoms with van der Waals surface area (Å²) in [5.74, 6) is -0.283. The van der Waals surface area contributed by atoms with E-state index in [2.05, 4.69) is 9.97 Å². The summed E-state index contributed by atoms with van der Waals surface area (Å²) >= 11 is 12.2. The Bertz CT molecular complexity index is 1180. The van der Waals surface area contributed by atoms with Crippen molar-refractivity contribution in [3.8, 4) is 11.3 Å². The first-order chi connectivity index (χ1) is 13.4. The second kappa shape index (κ2) is 7.26. The van der Waals surface area contributed by atoms with Crippen LogP contribution in [0.15, 0.2) is 61.1 Å². The molecular formula is C21H16Cl2N4O. The molecule has 0 saturated carbocycles. The SMILES string of the molecule is Cc1ccc(-c2cnc3cnc(C(=O)N(C)c4ccc(Cl)cc4Cl)cn23)cc1. The van der Waals surface area contributed by atoms with E-state index in [1.807, 2.05) is 35.6 Å². The lowest BCUT2D eigenvalue weighted by atomic mass is 10.1. The van der Waals surface area contributed by atoms with E-state index in [1.54, 1.807) is 43.8 Å². The fourth-order valence-electron chi connectivity index (χ4n) is 2.97. The summed E-state index contributed by atoms with van der Waals surface area (Å²) in [4.78, 5) is 23.1. The molecule has 2 aromatic heterocycles. The number of hydrogen-bond donors (Lipinski definition) is 0. The van der Waals surface area contributed by atoms with Crippen molar-refractivity contribution in [1.82, 2.24) is 14.4 Å². The Morgan fingerprint density at radius 2 is 1.79 bits per heavy atom. The number of carbonyl (C=O) groups excluding carboxylic acids is 1. The first-order valence-corrected chi connectivity index (χ1v) is 9.33. The lowest BCUT2D eigenvalue weighted by Crippen LogP contribution is -2.27. The molecule has 7 heteroatoms. The summed E-state index contributed by atoms with van der Waals surface area (Å²) in [6.45, 7) is 2.04. The molecule has 4 aromatic rings. The monoisotopic (exact) mass is 410 g/mol. The average Bonchev–Trinajstić information content (AvgIpc) is 3.11. The molecule has 0 saturated heterocycles. The van der Waals surface area contributed by atoms with Crippen LogP contribution in [0.4, 0.5) is 5.69 Å². The molecule has 0 radical (unpaired) electrons. The predicted octanol–water partition coefficient (Wildman–Crippen LogP) is 5.29. The van der Waals surface area contributed by atoms with Crippen LogP contribution in [0.3, 0.4) is 0 Å². The molecule has 0 bridgehead atoms. The van der Waals surface area contributed by atoms with Crippen LogP contribution in [0, 0.1) is 6.92 Å². The predicted molar refractivity (Wildman–Crippen MR) is 112 cm³/mol. The molecule has 2 aromatic carbocycles. The highest BCUT2D eigenvalue weighted by atomic mass is 35.5. The van der Waals surface area contributed by atoms with Crippen molar-refractivity contribution < 1.29 is 4.79 Å².